The van der Waals surface area contributed by atoms with E-state index in [0.29, 0.717) is 17.5 Å². The SMILES string of the molecule is c1ccc(-c2nc(-c3ccc4cc(-c5ccc6ccccc6c5)ccc4c3)nc(-c3ccc(-c4cccc5oc6ccccc6c45)c4oc5ccccc5c34)n2)cc1. The number of rotatable bonds is 5. The lowest BCUT2D eigenvalue weighted by Crippen LogP contribution is -2.00. The van der Waals surface area contributed by atoms with E-state index in [4.69, 9.17) is 23.8 Å². The zero-order valence-electron chi connectivity index (χ0n) is 31.1. The van der Waals surface area contributed by atoms with E-state index in [1.54, 1.807) is 0 Å². The third-order valence-corrected chi connectivity index (χ3v) is 11.3. The molecule has 0 aliphatic heterocycles. The number of benzene rings is 9. The van der Waals surface area contributed by atoms with Gasteiger partial charge in [0.25, 0.3) is 0 Å². The van der Waals surface area contributed by atoms with E-state index in [-0.39, 0.29) is 0 Å². The van der Waals surface area contributed by atoms with Crippen molar-refractivity contribution in [3.05, 3.63) is 188 Å². The van der Waals surface area contributed by atoms with Gasteiger partial charge in [0.05, 0.1) is 0 Å². The Kier molecular flexibility index (Phi) is 7.16. The van der Waals surface area contributed by atoms with Crippen LogP contribution in [-0.4, -0.2) is 15.0 Å². The number of hydrogen-bond acceptors (Lipinski definition) is 5. The number of hydrogen-bond donors (Lipinski definition) is 0. The van der Waals surface area contributed by atoms with Crippen molar-refractivity contribution in [1.29, 1.82) is 0 Å². The zero-order chi connectivity index (χ0) is 38.2. The summed E-state index contributed by atoms with van der Waals surface area (Å²) in [4.78, 5) is 15.5. The summed E-state index contributed by atoms with van der Waals surface area (Å²) in [5.74, 6) is 1.78. The standard InChI is InChI=1S/C53H31N3O2/c1-2-12-33(13-3-1)51-54-52(39-26-25-37-30-36(23-24-38(37)31-39)35-22-21-32-11-4-5-14-34(32)29-35)56-53(55-51)44-28-27-41(50-49(44)43-16-7-9-19-46(43)58-50)40-17-10-20-47-48(40)42-15-6-8-18-45(42)57-47/h1-31H. The molecule has 0 aliphatic carbocycles. The predicted molar refractivity (Wildman–Crippen MR) is 237 cm³/mol. The fraction of sp³-hybridized carbons (Fsp3) is 0. The molecule has 0 spiro atoms. The lowest BCUT2D eigenvalue weighted by atomic mass is 9.95. The van der Waals surface area contributed by atoms with Gasteiger partial charge in [-0.25, -0.2) is 15.0 Å². The number of para-hydroxylation sites is 2. The molecule has 0 radical (unpaired) electrons. The Bertz CT molecular complexity index is 3580. The van der Waals surface area contributed by atoms with Gasteiger partial charge < -0.3 is 8.83 Å². The Balaban J connectivity index is 1.04. The molecule has 3 heterocycles. The fourth-order valence-corrected chi connectivity index (χ4v) is 8.50. The van der Waals surface area contributed by atoms with Gasteiger partial charge in [0.15, 0.2) is 17.5 Å². The molecule has 0 aliphatic rings. The number of fused-ring (bicyclic) bond motifs is 8. The molecule has 270 valence electrons. The van der Waals surface area contributed by atoms with Crippen LogP contribution < -0.4 is 0 Å². The van der Waals surface area contributed by atoms with E-state index in [9.17, 15) is 0 Å². The molecule has 5 heteroatoms. The highest BCUT2D eigenvalue weighted by atomic mass is 16.3. The first-order valence-electron chi connectivity index (χ1n) is 19.4. The summed E-state index contributed by atoms with van der Waals surface area (Å²) in [7, 11) is 0. The van der Waals surface area contributed by atoms with E-state index in [2.05, 4.69) is 115 Å². The summed E-state index contributed by atoms with van der Waals surface area (Å²) >= 11 is 0. The molecule has 0 unspecified atom stereocenters. The average molecular weight is 742 g/mol. The molecule has 3 aromatic heterocycles. The molecule has 0 N–H and O–H groups in total. The van der Waals surface area contributed by atoms with Crippen LogP contribution in [0.3, 0.4) is 0 Å². The van der Waals surface area contributed by atoms with Crippen LogP contribution >= 0.6 is 0 Å². The van der Waals surface area contributed by atoms with E-state index < -0.39 is 0 Å². The monoisotopic (exact) mass is 741 g/mol. The van der Waals surface area contributed by atoms with Crippen molar-refractivity contribution >= 4 is 65.4 Å². The van der Waals surface area contributed by atoms with Gasteiger partial charge in [-0.2, -0.15) is 0 Å². The van der Waals surface area contributed by atoms with Crippen molar-refractivity contribution in [3.8, 4) is 56.4 Å². The van der Waals surface area contributed by atoms with Crippen LogP contribution in [0.1, 0.15) is 0 Å². The van der Waals surface area contributed by atoms with Gasteiger partial charge in [0.2, 0.25) is 0 Å². The van der Waals surface area contributed by atoms with Crippen LogP contribution in [-0.2, 0) is 0 Å². The molecule has 0 fully saturated rings. The fourth-order valence-electron chi connectivity index (χ4n) is 8.50. The van der Waals surface area contributed by atoms with E-state index in [0.717, 1.165) is 82.5 Å². The molecule has 58 heavy (non-hydrogen) atoms. The first kappa shape index (κ1) is 32.4. The summed E-state index contributed by atoms with van der Waals surface area (Å²) < 4.78 is 13.1. The maximum absolute atomic E-state index is 6.78. The van der Waals surface area contributed by atoms with Gasteiger partial charge in [0, 0.05) is 43.8 Å². The van der Waals surface area contributed by atoms with E-state index >= 15 is 0 Å². The minimum Gasteiger partial charge on any atom is -0.456 e. The van der Waals surface area contributed by atoms with Crippen molar-refractivity contribution in [1.82, 2.24) is 15.0 Å². The Hall–Kier alpha value is -7.89. The van der Waals surface area contributed by atoms with Gasteiger partial charge in [-0.05, 0) is 86.8 Å². The Labute approximate surface area is 332 Å². The lowest BCUT2D eigenvalue weighted by molar-refractivity contribution is 0.668. The van der Waals surface area contributed by atoms with E-state index in [1.165, 1.54) is 21.9 Å². The van der Waals surface area contributed by atoms with Crippen LogP contribution in [0.2, 0.25) is 0 Å². The molecule has 0 saturated heterocycles. The summed E-state index contributed by atoms with van der Waals surface area (Å²) in [6, 6.07) is 65.2. The predicted octanol–water partition coefficient (Wildman–Crippen LogP) is 14.3. The maximum Gasteiger partial charge on any atom is 0.164 e. The third-order valence-electron chi connectivity index (χ3n) is 11.3. The molecule has 0 atom stereocenters. The Morgan fingerprint density at radius 1 is 0.293 bits per heavy atom. The summed E-state index contributed by atoms with van der Waals surface area (Å²) in [6.07, 6.45) is 0. The second-order valence-corrected chi connectivity index (χ2v) is 14.8. The van der Waals surface area contributed by atoms with Crippen molar-refractivity contribution in [2.24, 2.45) is 0 Å². The topological polar surface area (TPSA) is 65.0 Å². The highest BCUT2D eigenvalue weighted by molar-refractivity contribution is 6.20. The van der Waals surface area contributed by atoms with Gasteiger partial charge in [-0.1, -0.05) is 140 Å². The molecule has 0 saturated carbocycles. The van der Waals surface area contributed by atoms with Crippen LogP contribution in [0.25, 0.3) is 122 Å². The van der Waals surface area contributed by atoms with Gasteiger partial charge in [-0.3, -0.25) is 0 Å². The Morgan fingerprint density at radius 2 is 0.828 bits per heavy atom. The second kappa shape index (κ2) is 12.8. The number of nitrogens with zero attached hydrogens (tertiary/aromatic N) is 3. The second-order valence-electron chi connectivity index (χ2n) is 14.8. The van der Waals surface area contributed by atoms with Crippen LogP contribution in [0.15, 0.2) is 197 Å². The smallest absolute Gasteiger partial charge is 0.164 e. The largest absolute Gasteiger partial charge is 0.456 e. The summed E-state index contributed by atoms with van der Waals surface area (Å²) in [6.45, 7) is 0. The first-order chi connectivity index (χ1) is 28.7. The Morgan fingerprint density at radius 3 is 1.60 bits per heavy atom. The minimum absolute atomic E-state index is 0.575. The number of aromatic nitrogens is 3. The minimum atomic E-state index is 0.575. The summed E-state index contributed by atoms with van der Waals surface area (Å²) in [5, 5.41) is 8.80. The van der Waals surface area contributed by atoms with Crippen LogP contribution in [0, 0.1) is 0 Å². The van der Waals surface area contributed by atoms with Gasteiger partial charge in [-0.15, -0.1) is 0 Å². The average Bonchev–Trinajstić information content (AvgIpc) is 3.88. The molecule has 0 amide bonds. The van der Waals surface area contributed by atoms with Crippen molar-refractivity contribution < 1.29 is 8.83 Å². The van der Waals surface area contributed by atoms with Crippen molar-refractivity contribution in [3.63, 3.8) is 0 Å². The molecule has 12 rings (SSSR count). The molecule has 0 bridgehead atoms. The van der Waals surface area contributed by atoms with E-state index in [1.807, 2.05) is 72.8 Å². The lowest BCUT2D eigenvalue weighted by Gasteiger charge is -2.12. The molecular weight excluding hydrogens is 711 g/mol. The highest BCUT2D eigenvalue weighted by Gasteiger charge is 2.22. The zero-order valence-corrected chi connectivity index (χ0v) is 31.1. The normalized spacial score (nSPS) is 11.8. The molecular formula is C53H31N3O2. The van der Waals surface area contributed by atoms with Crippen molar-refractivity contribution in [2.75, 3.05) is 0 Å². The van der Waals surface area contributed by atoms with Crippen LogP contribution in [0.5, 0.6) is 0 Å². The van der Waals surface area contributed by atoms with Crippen molar-refractivity contribution in [2.45, 2.75) is 0 Å². The summed E-state index contributed by atoms with van der Waals surface area (Å²) in [5.41, 5.74) is 10.3. The maximum atomic E-state index is 6.78. The molecule has 9 aromatic carbocycles. The highest BCUT2D eigenvalue weighted by Crippen LogP contribution is 2.45. The molecule has 12 aromatic rings. The first-order valence-corrected chi connectivity index (χ1v) is 19.4. The quantitative estimate of drug-likeness (QED) is 0.176. The van der Waals surface area contributed by atoms with Gasteiger partial charge >= 0.3 is 0 Å². The van der Waals surface area contributed by atoms with Crippen LogP contribution in [0.4, 0.5) is 0 Å². The third kappa shape index (κ3) is 5.21. The molecule has 5 nitrogen and oxygen atoms in total. The number of furan rings is 2. The van der Waals surface area contributed by atoms with Gasteiger partial charge in [0.1, 0.15) is 22.3 Å².